The molecular formula is C28H20N6O5. The van der Waals surface area contributed by atoms with E-state index in [1.165, 1.54) is 6.20 Å². The molecule has 4 aromatic rings. The van der Waals surface area contributed by atoms with Crippen LogP contribution in [0.1, 0.15) is 18.4 Å². The third kappa shape index (κ3) is 4.23. The zero-order valence-corrected chi connectivity index (χ0v) is 20.4. The fourth-order valence-electron chi connectivity index (χ4n) is 4.82. The number of carbonyl (C=O) groups excluding carboxylic acids is 3. The number of benzene rings is 2. The lowest BCUT2D eigenvalue weighted by atomic mass is 9.92. The second-order valence-electron chi connectivity index (χ2n) is 9.06. The lowest BCUT2D eigenvalue weighted by molar-refractivity contribution is -0.137. The number of barbiturate groups is 1. The molecule has 11 nitrogen and oxygen atoms in total. The number of hydrogen-bond donors (Lipinski definition) is 2. The number of ether oxygens (including phenoxy) is 1. The van der Waals surface area contributed by atoms with Gasteiger partial charge in [0, 0.05) is 23.7 Å². The van der Waals surface area contributed by atoms with Crippen LogP contribution >= 0.6 is 0 Å². The van der Waals surface area contributed by atoms with Gasteiger partial charge in [-0.25, -0.2) is 14.8 Å². The van der Waals surface area contributed by atoms with Crippen LogP contribution in [-0.2, 0) is 9.59 Å². The molecule has 0 radical (unpaired) electrons. The van der Waals surface area contributed by atoms with Crippen LogP contribution < -0.4 is 20.3 Å². The standard InChI is InChI=1S/C28H20N6O5/c29-14-17-2-4-19(5-3-17)24-31-22(16-38-24)18-6-9-21(10-7-18)39-23-11-8-20(15-30-23)34-13-1-12-28(34)25(35)32-27(37)33-26(28)36/h2-11,15-16H,1,12-13H2,(H2,32,33,35,36,37). The number of nitriles is 1. The third-order valence-corrected chi connectivity index (χ3v) is 6.76. The molecule has 1 spiro atoms. The summed E-state index contributed by atoms with van der Waals surface area (Å²) in [5, 5.41) is 13.4. The number of nitrogens with one attached hydrogen (secondary N) is 2. The zero-order valence-electron chi connectivity index (χ0n) is 20.4. The van der Waals surface area contributed by atoms with Crippen molar-refractivity contribution in [2.45, 2.75) is 18.4 Å². The van der Waals surface area contributed by atoms with E-state index >= 15 is 0 Å². The minimum Gasteiger partial charge on any atom is -0.444 e. The van der Waals surface area contributed by atoms with Gasteiger partial charge in [0.05, 0.1) is 23.5 Å². The van der Waals surface area contributed by atoms with Gasteiger partial charge in [0.2, 0.25) is 11.8 Å². The van der Waals surface area contributed by atoms with Gasteiger partial charge in [0.1, 0.15) is 17.7 Å². The minimum atomic E-state index is -1.48. The summed E-state index contributed by atoms with van der Waals surface area (Å²) >= 11 is 0. The molecule has 2 N–H and O–H groups in total. The quantitative estimate of drug-likeness (QED) is 0.375. The number of oxazole rings is 1. The van der Waals surface area contributed by atoms with Gasteiger partial charge in [0.15, 0.2) is 5.54 Å². The molecule has 192 valence electrons. The van der Waals surface area contributed by atoms with Crippen molar-refractivity contribution in [3.8, 4) is 40.4 Å². The van der Waals surface area contributed by atoms with Crippen molar-refractivity contribution in [3.05, 3.63) is 78.7 Å². The predicted molar refractivity (Wildman–Crippen MR) is 137 cm³/mol. The number of urea groups is 1. The van der Waals surface area contributed by atoms with Crippen molar-refractivity contribution in [2.24, 2.45) is 0 Å². The van der Waals surface area contributed by atoms with Gasteiger partial charge >= 0.3 is 6.03 Å². The molecule has 2 fully saturated rings. The highest BCUT2D eigenvalue weighted by atomic mass is 16.5. The summed E-state index contributed by atoms with van der Waals surface area (Å²) in [4.78, 5) is 47.4. The van der Waals surface area contributed by atoms with E-state index in [0.717, 1.165) is 11.1 Å². The highest BCUT2D eigenvalue weighted by Gasteiger charge is 2.57. The molecule has 2 aliphatic heterocycles. The fourth-order valence-corrected chi connectivity index (χ4v) is 4.82. The van der Waals surface area contributed by atoms with Crippen molar-refractivity contribution in [3.63, 3.8) is 0 Å². The van der Waals surface area contributed by atoms with Crippen molar-refractivity contribution in [2.75, 3.05) is 11.4 Å². The molecule has 2 aromatic carbocycles. The van der Waals surface area contributed by atoms with Crippen molar-refractivity contribution < 1.29 is 23.5 Å². The topological polar surface area (TPSA) is 150 Å². The van der Waals surface area contributed by atoms with Gasteiger partial charge in [-0.2, -0.15) is 5.26 Å². The molecule has 2 aliphatic rings. The van der Waals surface area contributed by atoms with Crippen molar-refractivity contribution in [1.29, 1.82) is 5.26 Å². The van der Waals surface area contributed by atoms with Gasteiger partial charge < -0.3 is 14.1 Å². The summed E-state index contributed by atoms with van der Waals surface area (Å²) in [6.07, 6.45) is 4.01. The first kappa shape index (κ1) is 23.9. The van der Waals surface area contributed by atoms with Gasteiger partial charge in [-0.15, -0.1) is 0 Å². The summed E-state index contributed by atoms with van der Waals surface area (Å²) in [6, 6.07) is 18.9. The Hall–Kier alpha value is -5.50. The van der Waals surface area contributed by atoms with Crippen molar-refractivity contribution >= 4 is 23.5 Å². The number of carbonyl (C=O) groups is 3. The van der Waals surface area contributed by atoms with Crippen LogP contribution in [0, 0.1) is 11.3 Å². The first-order valence-corrected chi connectivity index (χ1v) is 12.1. The number of hydrogen-bond acceptors (Lipinski definition) is 9. The summed E-state index contributed by atoms with van der Waals surface area (Å²) in [5.41, 5.74) is 1.91. The first-order valence-electron chi connectivity index (χ1n) is 12.1. The number of aromatic nitrogens is 2. The predicted octanol–water partition coefficient (Wildman–Crippen LogP) is 3.77. The second-order valence-corrected chi connectivity index (χ2v) is 9.06. The van der Waals surface area contributed by atoms with Crippen LogP contribution in [0.2, 0.25) is 0 Å². The molecule has 0 bridgehead atoms. The normalized spacial score (nSPS) is 16.1. The Morgan fingerprint density at radius 1 is 0.949 bits per heavy atom. The average molecular weight is 521 g/mol. The van der Waals surface area contributed by atoms with Crippen molar-refractivity contribution in [1.82, 2.24) is 20.6 Å². The Balaban J connectivity index is 1.14. The molecule has 2 saturated heterocycles. The molecule has 4 amide bonds. The second kappa shape index (κ2) is 9.42. The van der Waals surface area contributed by atoms with Gasteiger partial charge in [-0.05, 0) is 67.4 Å². The molecule has 2 aromatic heterocycles. The van der Waals surface area contributed by atoms with Gasteiger partial charge in [-0.1, -0.05) is 0 Å². The summed E-state index contributed by atoms with van der Waals surface area (Å²) in [5.74, 6) is 0.0679. The molecule has 0 saturated carbocycles. The van der Waals surface area contributed by atoms with E-state index < -0.39 is 23.4 Å². The summed E-state index contributed by atoms with van der Waals surface area (Å²) in [6.45, 7) is 0.466. The minimum absolute atomic E-state index is 0.295. The Labute approximate surface area is 222 Å². The molecule has 4 heterocycles. The number of imide groups is 2. The van der Waals surface area contributed by atoms with Gasteiger partial charge in [0.25, 0.3) is 11.8 Å². The SMILES string of the molecule is N#Cc1ccc(-c2nc(-c3ccc(Oc4ccc(N5CCCC56C(=O)NC(=O)NC6=O)cn4)cc3)co2)cc1. The Morgan fingerprint density at radius 3 is 2.33 bits per heavy atom. The molecule has 11 heteroatoms. The molecule has 39 heavy (non-hydrogen) atoms. The molecule has 0 unspecified atom stereocenters. The average Bonchev–Trinajstić information content (AvgIpc) is 3.62. The van der Waals surface area contributed by atoms with E-state index in [9.17, 15) is 14.4 Å². The number of pyridine rings is 1. The number of rotatable bonds is 5. The zero-order chi connectivity index (χ0) is 27.0. The smallest absolute Gasteiger partial charge is 0.328 e. The maximum Gasteiger partial charge on any atom is 0.328 e. The lowest BCUT2D eigenvalue weighted by Gasteiger charge is -2.38. The molecule has 0 atom stereocenters. The maximum absolute atomic E-state index is 12.7. The maximum atomic E-state index is 12.7. The molecule has 6 rings (SSSR count). The van der Waals surface area contributed by atoms with Crippen LogP contribution in [0.3, 0.4) is 0 Å². The third-order valence-electron chi connectivity index (χ3n) is 6.76. The molecule has 0 aliphatic carbocycles. The first-order chi connectivity index (χ1) is 19.0. The van der Waals surface area contributed by atoms with Gasteiger partial charge in [-0.3, -0.25) is 20.2 Å². The number of nitrogens with zero attached hydrogens (tertiary/aromatic N) is 4. The van der Waals surface area contributed by atoms with E-state index in [-0.39, 0.29) is 0 Å². The van der Waals surface area contributed by atoms with E-state index in [1.54, 1.807) is 59.7 Å². The number of anilines is 1. The largest absolute Gasteiger partial charge is 0.444 e. The van der Waals surface area contributed by atoms with E-state index in [2.05, 4.69) is 26.7 Å². The highest BCUT2D eigenvalue weighted by Crippen LogP contribution is 2.36. The molecular weight excluding hydrogens is 500 g/mol. The lowest BCUT2D eigenvalue weighted by Crippen LogP contribution is -2.71. The highest BCUT2D eigenvalue weighted by molar-refractivity contribution is 6.24. The van der Waals surface area contributed by atoms with Crippen LogP contribution in [0.4, 0.5) is 10.5 Å². The summed E-state index contributed by atoms with van der Waals surface area (Å²) in [7, 11) is 0. The fraction of sp³-hybridized carbons (Fsp3) is 0.143. The van der Waals surface area contributed by atoms with E-state index in [4.69, 9.17) is 14.4 Å². The Kier molecular flexibility index (Phi) is 5.77. The monoisotopic (exact) mass is 520 g/mol. The van der Waals surface area contributed by atoms with Crippen LogP contribution in [0.25, 0.3) is 22.7 Å². The Bertz CT molecular complexity index is 1600. The Morgan fingerprint density at radius 2 is 1.67 bits per heavy atom. The van der Waals surface area contributed by atoms with E-state index in [0.29, 0.717) is 53.9 Å². The summed E-state index contributed by atoms with van der Waals surface area (Å²) < 4.78 is 11.5. The van der Waals surface area contributed by atoms with Crippen LogP contribution in [0.15, 0.2) is 77.5 Å². The number of amides is 4. The van der Waals surface area contributed by atoms with Crippen LogP contribution in [-0.4, -0.2) is 39.9 Å². The van der Waals surface area contributed by atoms with Crippen LogP contribution in [0.5, 0.6) is 11.6 Å². The van der Waals surface area contributed by atoms with E-state index in [1.807, 2.05) is 12.1 Å².